The number of halogens is 1. The van der Waals surface area contributed by atoms with Crippen LogP contribution in [0.1, 0.15) is 56.8 Å². The average Bonchev–Trinajstić information content (AvgIpc) is 3.32. The van der Waals surface area contributed by atoms with E-state index in [0.29, 0.717) is 31.0 Å². The second-order valence-electron chi connectivity index (χ2n) is 11.8. The number of aromatic nitrogens is 3. The molecule has 1 saturated heterocycles. The lowest BCUT2D eigenvalue weighted by Crippen LogP contribution is -2.43. The molecule has 1 saturated carbocycles. The Labute approximate surface area is 247 Å². The molecule has 11 heteroatoms. The zero-order chi connectivity index (χ0) is 30.0. The summed E-state index contributed by atoms with van der Waals surface area (Å²) in [7, 11) is -2.53. The van der Waals surface area contributed by atoms with E-state index in [9.17, 15) is 19.0 Å². The summed E-state index contributed by atoms with van der Waals surface area (Å²) in [5.41, 5.74) is 4.27. The van der Waals surface area contributed by atoms with Crippen LogP contribution < -0.4 is 10.2 Å². The minimum atomic E-state index is -2.53. The van der Waals surface area contributed by atoms with E-state index in [0.717, 1.165) is 47.5 Å². The van der Waals surface area contributed by atoms with Gasteiger partial charge in [-0.3, -0.25) is 9.57 Å². The lowest BCUT2D eigenvalue weighted by Gasteiger charge is -2.36. The molecular formula is C31H40FN7O2S. The Hall–Kier alpha value is -3.62. The number of carbonyl (C=O) groups is 1. The zero-order valence-electron chi connectivity index (χ0n) is 24.4. The van der Waals surface area contributed by atoms with Crippen molar-refractivity contribution >= 4 is 21.7 Å². The molecule has 0 radical (unpaired) electrons. The third-order valence-corrected chi connectivity index (χ3v) is 10.5. The van der Waals surface area contributed by atoms with Gasteiger partial charge in [0.05, 0.1) is 17.5 Å². The Morgan fingerprint density at radius 2 is 1.88 bits per heavy atom. The summed E-state index contributed by atoms with van der Waals surface area (Å²) in [6.07, 6.45) is 4.85. The standard InChI is InChI=1S/C31H40FN7O2S/c1-20(2)27(19-33)36-31(40)25-8-5-4-7-24(25)29-28(21(3)39(37-29)30-26(32)9-6-14-35-30)22-10-12-23(13-11-22)38-15-17-42(34,41)18-16-38/h6,9-14,20,24-25,27,42H,4-5,7-8,15-18H2,1-3H3,(H2,34,41)(H,36,40)/t24-,25-,27-/m1/s1. The first-order chi connectivity index (χ1) is 20.1. The van der Waals surface area contributed by atoms with Gasteiger partial charge in [-0.1, -0.05) is 38.8 Å². The Morgan fingerprint density at radius 1 is 1.19 bits per heavy atom. The highest BCUT2D eigenvalue weighted by Gasteiger charge is 2.37. The van der Waals surface area contributed by atoms with Gasteiger partial charge < -0.3 is 14.8 Å². The van der Waals surface area contributed by atoms with Gasteiger partial charge in [0.25, 0.3) is 0 Å². The predicted octanol–water partition coefficient (Wildman–Crippen LogP) is 5.26. The van der Waals surface area contributed by atoms with Gasteiger partial charge in [0.15, 0.2) is 11.6 Å². The average molecular weight is 594 g/mol. The maximum atomic E-state index is 15.0. The monoisotopic (exact) mass is 593 g/mol. The molecule has 3 heterocycles. The molecule has 3 N–H and O–H groups in total. The molecule has 42 heavy (non-hydrogen) atoms. The highest BCUT2D eigenvalue weighted by atomic mass is 32.3. The van der Waals surface area contributed by atoms with Crippen LogP contribution in [0.15, 0.2) is 42.6 Å². The Kier molecular flexibility index (Phi) is 8.76. The fraction of sp³-hybridized carbons (Fsp3) is 0.484. The van der Waals surface area contributed by atoms with Crippen LogP contribution in [-0.4, -0.2) is 55.9 Å². The number of thiol groups is 1. The number of rotatable bonds is 7. The van der Waals surface area contributed by atoms with E-state index in [1.807, 2.05) is 45.0 Å². The van der Waals surface area contributed by atoms with Gasteiger partial charge in [-0.2, -0.15) is 10.4 Å². The molecule has 1 amide bonds. The number of benzene rings is 1. The molecule has 1 aliphatic heterocycles. The van der Waals surface area contributed by atoms with Crippen molar-refractivity contribution in [3.05, 3.63) is 59.8 Å². The molecule has 0 spiro atoms. The molecular weight excluding hydrogens is 553 g/mol. The first-order valence-electron chi connectivity index (χ1n) is 14.7. The van der Waals surface area contributed by atoms with E-state index >= 15 is 0 Å². The summed E-state index contributed by atoms with van der Waals surface area (Å²) < 4.78 is 34.7. The topological polar surface area (TPSA) is 131 Å². The molecule has 2 aliphatic rings. The minimum Gasteiger partial charge on any atom is -0.370 e. The summed E-state index contributed by atoms with van der Waals surface area (Å²) in [5, 5.41) is 17.5. The summed E-state index contributed by atoms with van der Waals surface area (Å²) >= 11 is 0. The van der Waals surface area contributed by atoms with E-state index in [2.05, 4.69) is 21.3 Å². The van der Waals surface area contributed by atoms with Crippen LogP contribution in [0.2, 0.25) is 0 Å². The van der Waals surface area contributed by atoms with Gasteiger partial charge in [-0.05, 0) is 55.5 Å². The van der Waals surface area contributed by atoms with Gasteiger partial charge >= 0.3 is 0 Å². The fourth-order valence-electron chi connectivity index (χ4n) is 6.15. The number of nitrogens with zero attached hydrogens (tertiary/aromatic N) is 5. The smallest absolute Gasteiger partial charge is 0.224 e. The highest BCUT2D eigenvalue weighted by molar-refractivity contribution is 7.98. The lowest BCUT2D eigenvalue weighted by atomic mass is 9.75. The van der Waals surface area contributed by atoms with Gasteiger partial charge in [0, 0.05) is 53.9 Å². The fourth-order valence-corrected chi connectivity index (χ4v) is 7.52. The van der Waals surface area contributed by atoms with Gasteiger partial charge in [0.2, 0.25) is 5.91 Å². The number of anilines is 1. The number of hydrogen-bond donors (Lipinski definition) is 4. The quantitative estimate of drug-likeness (QED) is 0.277. The first-order valence-corrected chi connectivity index (χ1v) is 16.8. The van der Waals surface area contributed by atoms with Crippen molar-refractivity contribution in [2.75, 3.05) is 29.5 Å². The van der Waals surface area contributed by atoms with Crippen LogP contribution in [-0.2, 0) is 14.9 Å². The van der Waals surface area contributed by atoms with E-state index in [1.54, 1.807) is 10.7 Å². The van der Waals surface area contributed by atoms with Crippen molar-refractivity contribution in [3.8, 4) is 23.0 Å². The van der Waals surface area contributed by atoms with Crippen LogP contribution >= 0.6 is 0 Å². The second-order valence-corrected chi connectivity index (χ2v) is 14.6. The molecule has 2 fully saturated rings. The Morgan fingerprint density at radius 3 is 2.52 bits per heavy atom. The van der Waals surface area contributed by atoms with Crippen molar-refractivity contribution in [2.45, 2.75) is 58.4 Å². The molecule has 3 atom stereocenters. The van der Waals surface area contributed by atoms with Crippen LogP contribution in [0.4, 0.5) is 10.1 Å². The molecule has 1 aliphatic carbocycles. The van der Waals surface area contributed by atoms with Crippen LogP contribution in [0, 0.1) is 40.7 Å². The summed E-state index contributed by atoms with van der Waals surface area (Å²) in [6, 6.07) is 12.7. The predicted molar refractivity (Wildman–Crippen MR) is 165 cm³/mol. The molecule has 1 aromatic carbocycles. The molecule has 224 valence electrons. The minimum absolute atomic E-state index is 0.0136. The highest BCUT2D eigenvalue weighted by Crippen LogP contribution is 2.43. The first kappa shape index (κ1) is 29.9. The van der Waals surface area contributed by atoms with E-state index < -0.39 is 22.0 Å². The number of pyridine rings is 1. The zero-order valence-corrected chi connectivity index (χ0v) is 25.3. The molecule has 0 bridgehead atoms. The third kappa shape index (κ3) is 6.10. The normalized spacial score (nSPS) is 21.9. The van der Waals surface area contributed by atoms with Crippen molar-refractivity contribution in [1.82, 2.24) is 20.1 Å². The number of amides is 1. The van der Waals surface area contributed by atoms with Crippen molar-refractivity contribution in [3.63, 3.8) is 0 Å². The van der Waals surface area contributed by atoms with E-state index in [-0.39, 0.29) is 29.5 Å². The van der Waals surface area contributed by atoms with Crippen LogP contribution in [0.25, 0.3) is 16.9 Å². The van der Waals surface area contributed by atoms with E-state index in [4.69, 9.17) is 9.88 Å². The Bertz CT molecular complexity index is 1520. The largest absolute Gasteiger partial charge is 0.370 e. The number of nitrogens with one attached hydrogen (secondary N) is 2. The van der Waals surface area contributed by atoms with Crippen molar-refractivity contribution in [2.24, 2.45) is 11.8 Å². The number of carbonyl (C=O) groups excluding carboxylic acids is 1. The van der Waals surface area contributed by atoms with Crippen molar-refractivity contribution < 1.29 is 13.7 Å². The molecule has 5 rings (SSSR count). The third-order valence-electron chi connectivity index (χ3n) is 8.64. The van der Waals surface area contributed by atoms with Crippen LogP contribution in [0.5, 0.6) is 0 Å². The summed E-state index contributed by atoms with van der Waals surface area (Å²) in [5.74, 6) is -0.0923. The maximum absolute atomic E-state index is 15.0. The lowest BCUT2D eigenvalue weighted by molar-refractivity contribution is -0.127. The molecule has 2 aromatic heterocycles. The summed E-state index contributed by atoms with van der Waals surface area (Å²) in [4.78, 5) is 20.1. The maximum Gasteiger partial charge on any atom is 0.224 e. The second kappa shape index (κ2) is 12.3. The van der Waals surface area contributed by atoms with Gasteiger partial charge in [0.1, 0.15) is 6.04 Å². The molecule has 9 nitrogen and oxygen atoms in total. The van der Waals surface area contributed by atoms with E-state index in [1.165, 1.54) is 12.3 Å². The van der Waals surface area contributed by atoms with Crippen molar-refractivity contribution in [1.29, 1.82) is 10.0 Å². The Balaban J connectivity index is 1.55. The van der Waals surface area contributed by atoms with Crippen LogP contribution in [0.3, 0.4) is 0 Å². The summed E-state index contributed by atoms with van der Waals surface area (Å²) in [6.45, 7) is 7.03. The number of nitriles is 1. The SMILES string of the molecule is Cc1c(-c2ccc(N3CC[SH](=N)(O)CC3)cc2)c([C@@H]2CCCC[C@H]2C(=O)N[C@H](C#N)C(C)C)nn1-c1ncccc1F. The molecule has 3 aromatic rings. The molecule has 0 unspecified atom stereocenters. The van der Waals surface area contributed by atoms with Gasteiger partial charge in [-0.25, -0.2) is 14.1 Å². The van der Waals surface area contributed by atoms with Gasteiger partial charge in [-0.15, -0.1) is 10.1 Å². The number of hydrogen-bond acceptors (Lipinski definition) is 6.